The minimum atomic E-state index is -0.267. The summed E-state index contributed by atoms with van der Waals surface area (Å²) in [6, 6.07) is 5.23. The highest BCUT2D eigenvalue weighted by Gasteiger charge is 2.25. The summed E-state index contributed by atoms with van der Waals surface area (Å²) >= 11 is 2.11. The SMILES string of the molecule is Nc1ccc(C(=O)NCC2CCCC2O)cc1I. The van der Waals surface area contributed by atoms with Crippen LogP contribution in [0.4, 0.5) is 5.69 Å². The molecule has 2 atom stereocenters. The fourth-order valence-electron chi connectivity index (χ4n) is 2.25. The molecule has 1 amide bonds. The molecule has 0 radical (unpaired) electrons. The molecule has 18 heavy (non-hydrogen) atoms. The summed E-state index contributed by atoms with van der Waals surface area (Å²) in [5.41, 5.74) is 7.00. The van der Waals surface area contributed by atoms with E-state index in [4.69, 9.17) is 5.73 Å². The molecule has 1 fully saturated rings. The van der Waals surface area contributed by atoms with Gasteiger partial charge in [-0.15, -0.1) is 0 Å². The van der Waals surface area contributed by atoms with E-state index in [1.54, 1.807) is 18.2 Å². The van der Waals surface area contributed by atoms with E-state index < -0.39 is 0 Å². The van der Waals surface area contributed by atoms with Crippen LogP contribution >= 0.6 is 22.6 Å². The Morgan fingerprint density at radius 2 is 2.28 bits per heavy atom. The Balaban J connectivity index is 1.93. The van der Waals surface area contributed by atoms with Crippen molar-refractivity contribution in [2.45, 2.75) is 25.4 Å². The third-order valence-corrected chi connectivity index (χ3v) is 4.34. The van der Waals surface area contributed by atoms with Crippen molar-refractivity contribution >= 4 is 34.2 Å². The molecule has 0 aromatic heterocycles. The highest BCUT2D eigenvalue weighted by atomic mass is 127. The second-order valence-corrected chi connectivity index (χ2v) is 5.87. The molecular weight excluding hydrogens is 343 g/mol. The van der Waals surface area contributed by atoms with Gasteiger partial charge < -0.3 is 16.2 Å². The van der Waals surface area contributed by atoms with E-state index in [0.29, 0.717) is 17.8 Å². The molecule has 1 aliphatic rings. The molecule has 2 unspecified atom stereocenters. The average Bonchev–Trinajstić information content (AvgIpc) is 2.75. The van der Waals surface area contributed by atoms with E-state index in [1.807, 2.05) is 0 Å². The lowest BCUT2D eigenvalue weighted by Crippen LogP contribution is -2.32. The van der Waals surface area contributed by atoms with Gasteiger partial charge in [0.25, 0.3) is 5.91 Å². The summed E-state index contributed by atoms with van der Waals surface area (Å²) in [5.74, 6) is 0.0915. The second kappa shape index (κ2) is 5.88. The zero-order chi connectivity index (χ0) is 13.1. The number of benzene rings is 1. The maximum atomic E-state index is 11.9. The molecule has 0 bridgehead atoms. The van der Waals surface area contributed by atoms with Crippen molar-refractivity contribution in [3.05, 3.63) is 27.3 Å². The Kier molecular flexibility index (Phi) is 4.45. The Hall–Kier alpha value is -0.820. The number of hydrogen-bond donors (Lipinski definition) is 3. The van der Waals surface area contributed by atoms with Crippen LogP contribution in [0.5, 0.6) is 0 Å². The van der Waals surface area contributed by atoms with Crippen molar-refractivity contribution in [1.29, 1.82) is 0 Å². The molecular formula is C13H17IN2O2. The molecule has 1 aromatic carbocycles. The molecule has 1 saturated carbocycles. The van der Waals surface area contributed by atoms with Gasteiger partial charge in [0, 0.05) is 27.3 Å². The molecule has 4 nitrogen and oxygen atoms in total. The lowest BCUT2D eigenvalue weighted by Gasteiger charge is -2.15. The van der Waals surface area contributed by atoms with Crippen LogP contribution in [0.2, 0.25) is 0 Å². The normalized spacial score (nSPS) is 23.0. The quantitative estimate of drug-likeness (QED) is 0.568. The second-order valence-electron chi connectivity index (χ2n) is 4.70. The summed E-state index contributed by atoms with van der Waals surface area (Å²) in [6.07, 6.45) is 2.61. The third kappa shape index (κ3) is 3.14. The summed E-state index contributed by atoms with van der Waals surface area (Å²) < 4.78 is 0.876. The first-order chi connectivity index (χ1) is 8.58. The first-order valence-electron chi connectivity index (χ1n) is 6.09. The zero-order valence-corrected chi connectivity index (χ0v) is 12.2. The van der Waals surface area contributed by atoms with E-state index in [1.165, 1.54) is 0 Å². The third-order valence-electron chi connectivity index (χ3n) is 3.41. The number of halogens is 1. The molecule has 0 saturated heterocycles. The number of carbonyl (C=O) groups is 1. The van der Waals surface area contributed by atoms with Crippen molar-refractivity contribution in [2.75, 3.05) is 12.3 Å². The predicted molar refractivity (Wildman–Crippen MR) is 79.3 cm³/mol. The van der Waals surface area contributed by atoms with E-state index in [9.17, 15) is 9.90 Å². The van der Waals surface area contributed by atoms with Crippen molar-refractivity contribution < 1.29 is 9.90 Å². The van der Waals surface area contributed by atoms with Crippen LogP contribution in [0, 0.1) is 9.49 Å². The number of nitrogens with one attached hydrogen (secondary N) is 1. The number of hydrogen-bond acceptors (Lipinski definition) is 3. The summed E-state index contributed by atoms with van der Waals surface area (Å²) in [7, 11) is 0. The largest absolute Gasteiger partial charge is 0.398 e. The van der Waals surface area contributed by atoms with Gasteiger partial charge in [0.2, 0.25) is 0 Å². The van der Waals surface area contributed by atoms with Crippen molar-refractivity contribution in [3.8, 4) is 0 Å². The molecule has 0 heterocycles. The van der Waals surface area contributed by atoms with Gasteiger partial charge in [-0.2, -0.15) is 0 Å². The van der Waals surface area contributed by atoms with Gasteiger partial charge in [-0.05, 0) is 53.6 Å². The van der Waals surface area contributed by atoms with Crippen LogP contribution in [-0.2, 0) is 0 Å². The average molecular weight is 360 g/mol. The number of nitrogens with two attached hydrogens (primary N) is 1. The standard InChI is InChI=1S/C13H17IN2O2/c14-10-6-8(4-5-11(10)15)13(18)16-7-9-2-1-3-12(9)17/h4-6,9,12,17H,1-3,7,15H2,(H,16,18). The minimum absolute atomic E-state index is 0.105. The van der Waals surface area contributed by atoms with Crippen LogP contribution in [-0.4, -0.2) is 23.7 Å². The molecule has 1 aliphatic carbocycles. The Morgan fingerprint density at radius 3 is 2.89 bits per heavy atom. The number of aliphatic hydroxyl groups is 1. The number of anilines is 1. The molecule has 98 valence electrons. The maximum absolute atomic E-state index is 11.9. The topological polar surface area (TPSA) is 75.4 Å². The van der Waals surface area contributed by atoms with E-state index >= 15 is 0 Å². The molecule has 4 N–H and O–H groups in total. The smallest absolute Gasteiger partial charge is 0.251 e. The first kappa shape index (κ1) is 13.6. The zero-order valence-electron chi connectivity index (χ0n) is 10.0. The van der Waals surface area contributed by atoms with Crippen molar-refractivity contribution in [1.82, 2.24) is 5.32 Å². The van der Waals surface area contributed by atoms with Gasteiger partial charge in [0.05, 0.1) is 6.10 Å². The van der Waals surface area contributed by atoms with Crippen LogP contribution < -0.4 is 11.1 Å². The van der Waals surface area contributed by atoms with E-state index in [0.717, 1.165) is 22.8 Å². The number of amides is 1. The van der Waals surface area contributed by atoms with Gasteiger partial charge in [-0.3, -0.25) is 4.79 Å². The van der Waals surface area contributed by atoms with Gasteiger partial charge in [0.15, 0.2) is 0 Å². The predicted octanol–water partition coefficient (Wildman–Crippen LogP) is 1.76. The highest BCUT2D eigenvalue weighted by Crippen LogP contribution is 2.24. The fraction of sp³-hybridized carbons (Fsp3) is 0.462. The van der Waals surface area contributed by atoms with E-state index in [-0.39, 0.29) is 17.9 Å². The molecule has 2 rings (SSSR count). The highest BCUT2D eigenvalue weighted by molar-refractivity contribution is 14.1. The van der Waals surface area contributed by atoms with Gasteiger partial charge in [0.1, 0.15) is 0 Å². The summed E-state index contributed by atoms with van der Waals surface area (Å²) in [4.78, 5) is 11.9. The number of rotatable bonds is 3. The Bertz CT molecular complexity index is 451. The summed E-state index contributed by atoms with van der Waals surface area (Å²) in [6.45, 7) is 0.543. The van der Waals surface area contributed by atoms with Gasteiger partial charge in [-0.1, -0.05) is 6.42 Å². The number of aliphatic hydroxyl groups excluding tert-OH is 1. The first-order valence-corrected chi connectivity index (χ1v) is 7.17. The van der Waals surface area contributed by atoms with Crippen molar-refractivity contribution in [2.24, 2.45) is 5.92 Å². The van der Waals surface area contributed by atoms with Gasteiger partial charge in [-0.25, -0.2) is 0 Å². The summed E-state index contributed by atoms with van der Waals surface area (Å²) in [5, 5.41) is 12.6. The number of carbonyl (C=O) groups excluding carboxylic acids is 1. The van der Waals surface area contributed by atoms with Crippen LogP contribution in [0.3, 0.4) is 0 Å². The number of nitrogen functional groups attached to an aromatic ring is 1. The molecule has 0 spiro atoms. The molecule has 1 aromatic rings. The lowest BCUT2D eigenvalue weighted by atomic mass is 10.1. The minimum Gasteiger partial charge on any atom is -0.398 e. The van der Waals surface area contributed by atoms with Crippen LogP contribution in [0.25, 0.3) is 0 Å². The van der Waals surface area contributed by atoms with Crippen LogP contribution in [0.15, 0.2) is 18.2 Å². The molecule has 0 aliphatic heterocycles. The maximum Gasteiger partial charge on any atom is 0.251 e. The van der Waals surface area contributed by atoms with Crippen molar-refractivity contribution in [3.63, 3.8) is 0 Å². The van der Waals surface area contributed by atoms with Crippen LogP contribution in [0.1, 0.15) is 29.6 Å². The Morgan fingerprint density at radius 1 is 1.50 bits per heavy atom. The molecule has 5 heteroatoms. The fourth-order valence-corrected chi connectivity index (χ4v) is 2.76. The Labute approximate surface area is 120 Å². The monoisotopic (exact) mass is 360 g/mol. The van der Waals surface area contributed by atoms with E-state index in [2.05, 4.69) is 27.9 Å². The lowest BCUT2D eigenvalue weighted by molar-refractivity contribution is 0.0917. The van der Waals surface area contributed by atoms with Gasteiger partial charge >= 0.3 is 0 Å².